The maximum absolute atomic E-state index is 13.1. The van der Waals surface area contributed by atoms with Gasteiger partial charge in [0.2, 0.25) is 5.90 Å². The van der Waals surface area contributed by atoms with Gasteiger partial charge in [0, 0.05) is 30.2 Å². The summed E-state index contributed by atoms with van der Waals surface area (Å²) >= 11 is 0. The zero-order valence-electron chi connectivity index (χ0n) is 25.2. The summed E-state index contributed by atoms with van der Waals surface area (Å²) in [6.45, 7) is 5.12. The van der Waals surface area contributed by atoms with Gasteiger partial charge >= 0.3 is 5.97 Å². The number of esters is 1. The molecule has 5 rings (SSSR count). The van der Waals surface area contributed by atoms with Gasteiger partial charge < -0.3 is 29.6 Å². The van der Waals surface area contributed by atoms with Crippen LogP contribution in [0.1, 0.15) is 49.9 Å². The molecule has 0 bridgehead atoms. The number of benzene rings is 4. The number of rotatable bonds is 11. The molecule has 0 aromatic heterocycles. The lowest BCUT2D eigenvalue weighted by Gasteiger charge is -2.15. The third-order valence-electron chi connectivity index (χ3n) is 6.94. The standard InChI is InChI=1S/C35H33N3O7/c1-22-8-11-27(31(18-22)44-21-24-9-12-25(13-10-24)35-36-16-17-43-35)20-37-33(40)26-14-15-29(32(19-26)42-3)38-34(41)28-6-4-5-7-30(28)45-23(2)39/h4-15,18-19H,16-17,20-21H2,1-3H3,(H,37,40)(H,38,41). The molecule has 0 saturated carbocycles. The molecule has 0 unspecified atom stereocenters. The van der Waals surface area contributed by atoms with Crippen molar-refractivity contribution in [2.24, 2.45) is 4.99 Å². The number of nitrogens with one attached hydrogen (secondary N) is 2. The van der Waals surface area contributed by atoms with Gasteiger partial charge in [-0.05, 0) is 66.6 Å². The van der Waals surface area contributed by atoms with Gasteiger partial charge in [-0.1, -0.05) is 36.4 Å². The summed E-state index contributed by atoms with van der Waals surface area (Å²) in [5.41, 5.74) is 4.65. The predicted octanol–water partition coefficient (Wildman–Crippen LogP) is 5.47. The lowest BCUT2D eigenvalue weighted by atomic mass is 10.1. The maximum atomic E-state index is 13.1. The monoisotopic (exact) mass is 607 g/mol. The fraction of sp³-hybridized carbons (Fsp3) is 0.200. The lowest BCUT2D eigenvalue weighted by Crippen LogP contribution is -2.23. The summed E-state index contributed by atoms with van der Waals surface area (Å²) in [7, 11) is 1.44. The number of nitrogens with zero attached hydrogens (tertiary/aromatic N) is 1. The molecular formula is C35H33N3O7. The summed E-state index contributed by atoms with van der Waals surface area (Å²) in [4.78, 5) is 41.9. The van der Waals surface area contributed by atoms with E-state index in [9.17, 15) is 14.4 Å². The molecule has 4 aromatic rings. The molecule has 2 amide bonds. The van der Waals surface area contributed by atoms with Crippen LogP contribution in [0.2, 0.25) is 0 Å². The Morgan fingerprint density at radius 2 is 1.69 bits per heavy atom. The van der Waals surface area contributed by atoms with Crippen LogP contribution in [0, 0.1) is 6.92 Å². The van der Waals surface area contributed by atoms with Crippen molar-refractivity contribution in [3.63, 3.8) is 0 Å². The first-order valence-corrected chi connectivity index (χ1v) is 14.3. The number of carbonyl (C=O) groups is 3. The third kappa shape index (κ3) is 7.85. The van der Waals surface area contributed by atoms with Gasteiger partial charge in [0.05, 0.1) is 24.9 Å². The molecule has 4 aromatic carbocycles. The summed E-state index contributed by atoms with van der Waals surface area (Å²) in [5, 5.41) is 5.69. The van der Waals surface area contributed by atoms with Crippen molar-refractivity contribution in [1.82, 2.24) is 5.32 Å². The molecule has 1 aliphatic heterocycles. The molecule has 10 heteroatoms. The molecule has 0 atom stereocenters. The van der Waals surface area contributed by atoms with Crippen LogP contribution < -0.4 is 24.8 Å². The zero-order chi connectivity index (χ0) is 31.8. The number of methoxy groups -OCH3 is 1. The van der Waals surface area contributed by atoms with Crippen molar-refractivity contribution in [3.05, 3.63) is 118 Å². The minimum atomic E-state index is -0.538. The topological polar surface area (TPSA) is 125 Å². The number of hydrogen-bond acceptors (Lipinski definition) is 8. The van der Waals surface area contributed by atoms with E-state index in [1.165, 1.54) is 20.1 Å². The van der Waals surface area contributed by atoms with Crippen LogP contribution in [0.15, 0.2) is 89.9 Å². The van der Waals surface area contributed by atoms with Crippen molar-refractivity contribution < 1.29 is 33.3 Å². The van der Waals surface area contributed by atoms with Crippen molar-refractivity contribution in [1.29, 1.82) is 0 Å². The Labute approximate surface area is 261 Å². The van der Waals surface area contributed by atoms with Crippen molar-refractivity contribution in [2.75, 3.05) is 25.6 Å². The Bertz CT molecular complexity index is 1750. The number of ether oxygens (including phenoxy) is 4. The fourth-order valence-electron chi connectivity index (χ4n) is 4.66. The van der Waals surface area contributed by atoms with Crippen LogP contribution in [0.25, 0.3) is 0 Å². The number of amides is 2. The second-order valence-electron chi connectivity index (χ2n) is 10.3. The number of aryl methyl sites for hydroxylation is 1. The van der Waals surface area contributed by atoms with E-state index in [0.29, 0.717) is 42.7 Å². The van der Waals surface area contributed by atoms with Crippen LogP contribution in [-0.2, 0) is 22.7 Å². The van der Waals surface area contributed by atoms with E-state index in [0.717, 1.165) is 22.3 Å². The van der Waals surface area contributed by atoms with E-state index in [1.54, 1.807) is 36.4 Å². The lowest BCUT2D eigenvalue weighted by molar-refractivity contribution is -0.131. The second kappa shape index (κ2) is 14.2. The first-order valence-electron chi connectivity index (χ1n) is 14.3. The minimum Gasteiger partial charge on any atom is -0.495 e. The molecule has 1 aliphatic rings. The molecule has 45 heavy (non-hydrogen) atoms. The summed E-state index contributed by atoms with van der Waals surface area (Å²) < 4.78 is 22.3. The van der Waals surface area contributed by atoms with E-state index in [4.69, 9.17) is 18.9 Å². The third-order valence-corrected chi connectivity index (χ3v) is 6.94. The fourth-order valence-corrected chi connectivity index (χ4v) is 4.66. The zero-order valence-corrected chi connectivity index (χ0v) is 25.2. The van der Waals surface area contributed by atoms with Crippen LogP contribution in [0.5, 0.6) is 17.2 Å². The van der Waals surface area contributed by atoms with Crippen LogP contribution in [-0.4, -0.2) is 43.9 Å². The highest BCUT2D eigenvalue weighted by atomic mass is 16.5. The minimum absolute atomic E-state index is 0.139. The number of aliphatic imine (C=N–C) groups is 1. The van der Waals surface area contributed by atoms with Gasteiger partial charge in [0.1, 0.15) is 30.5 Å². The number of para-hydroxylation sites is 1. The SMILES string of the molecule is COc1cc(C(=O)NCc2ccc(C)cc2OCc2ccc(C3=NCCO3)cc2)ccc1NC(=O)c1ccccc1OC(C)=O. The van der Waals surface area contributed by atoms with E-state index < -0.39 is 11.9 Å². The van der Waals surface area contributed by atoms with Gasteiger partial charge in [-0.3, -0.25) is 14.4 Å². The van der Waals surface area contributed by atoms with E-state index in [2.05, 4.69) is 15.6 Å². The molecule has 2 N–H and O–H groups in total. The first kappa shape index (κ1) is 30.8. The normalized spacial score (nSPS) is 12.0. The Morgan fingerprint density at radius 1 is 0.889 bits per heavy atom. The molecule has 0 fully saturated rings. The van der Waals surface area contributed by atoms with Crippen LogP contribution in [0.4, 0.5) is 5.69 Å². The summed E-state index contributed by atoms with van der Waals surface area (Å²) in [6.07, 6.45) is 0. The van der Waals surface area contributed by atoms with E-state index in [-0.39, 0.29) is 29.5 Å². The van der Waals surface area contributed by atoms with Gasteiger partial charge in [0.15, 0.2) is 0 Å². The molecule has 230 valence electrons. The van der Waals surface area contributed by atoms with Gasteiger partial charge in [-0.2, -0.15) is 0 Å². The maximum Gasteiger partial charge on any atom is 0.308 e. The molecule has 10 nitrogen and oxygen atoms in total. The Balaban J connectivity index is 1.22. The largest absolute Gasteiger partial charge is 0.495 e. The number of anilines is 1. The van der Waals surface area contributed by atoms with Crippen molar-refractivity contribution in [3.8, 4) is 17.2 Å². The first-order chi connectivity index (χ1) is 21.8. The second-order valence-corrected chi connectivity index (χ2v) is 10.3. The molecule has 0 aliphatic carbocycles. The average Bonchev–Trinajstić information content (AvgIpc) is 3.59. The highest BCUT2D eigenvalue weighted by molar-refractivity contribution is 6.07. The highest BCUT2D eigenvalue weighted by Gasteiger charge is 2.18. The van der Waals surface area contributed by atoms with Gasteiger partial charge in [-0.15, -0.1) is 0 Å². The van der Waals surface area contributed by atoms with Crippen molar-refractivity contribution >= 4 is 29.4 Å². The average molecular weight is 608 g/mol. The van der Waals surface area contributed by atoms with Gasteiger partial charge in [0.25, 0.3) is 11.8 Å². The molecule has 0 spiro atoms. The number of hydrogen-bond donors (Lipinski definition) is 2. The smallest absolute Gasteiger partial charge is 0.308 e. The summed E-state index contributed by atoms with van der Waals surface area (Å²) in [5.74, 6) is 0.403. The van der Waals surface area contributed by atoms with Gasteiger partial charge in [-0.25, -0.2) is 4.99 Å². The molecular weight excluding hydrogens is 574 g/mol. The quantitative estimate of drug-likeness (QED) is 0.171. The molecule has 1 heterocycles. The predicted molar refractivity (Wildman–Crippen MR) is 169 cm³/mol. The highest BCUT2D eigenvalue weighted by Crippen LogP contribution is 2.28. The molecule has 0 radical (unpaired) electrons. The van der Waals surface area contributed by atoms with Crippen molar-refractivity contribution in [2.45, 2.75) is 27.0 Å². The Kier molecular flexibility index (Phi) is 9.74. The van der Waals surface area contributed by atoms with E-state index in [1.807, 2.05) is 49.4 Å². The molecule has 0 saturated heterocycles. The number of carbonyl (C=O) groups excluding carboxylic acids is 3. The Morgan fingerprint density at radius 3 is 2.42 bits per heavy atom. The van der Waals surface area contributed by atoms with Crippen LogP contribution in [0.3, 0.4) is 0 Å². The Hall–Kier alpha value is -5.64. The van der Waals surface area contributed by atoms with E-state index >= 15 is 0 Å². The summed E-state index contributed by atoms with van der Waals surface area (Å²) in [6, 6.07) is 24.8. The van der Waals surface area contributed by atoms with Crippen LogP contribution >= 0.6 is 0 Å².